The molecule has 1 saturated heterocycles. The Morgan fingerprint density at radius 2 is 2.06 bits per heavy atom. The van der Waals surface area contributed by atoms with Crippen molar-refractivity contribution in [2.45, 2.75) is 25.4 Å². The van der Waals surface area contributed by atoms with Gasteiger partial charge >= 0.3 is 0 Å². The molecule has 0 saturated carbocycles. The van der Waals surface area contributed by atoms with Crippen molar-refractivity contribution in [1.82, 2.24) is 14.8 Å². The molecule has 17 heavy (non-hydrogen) atoms. The average Bonchev–Trinajstić information content (AvgIpc) is 2.90. The van der Waals surface area contributed by atoms with Crippen LogP contribution in [-0.4, -0.2) is 21.4 Å². The summed E-state index contributed by atoms with van der Waals surface area (Å²) in [5.41, 5.74) is 1.08. The number of hydrogen-bond donors (Lipinski definition) is 0. The van der Waals surface area contributed by atoms with Gasteiger partial charge in [0.25, 0.3) is 0 Å². The second kappa shape index (κ2) is 4.67. The lowest BCUT2D eigenvalue weighted by molar-refractivity contribution is 0.00839. The van der Waals surface area contributed by atoms with Gasteiger partial charge in [-0.15, -0.1) is 10.2 Å². The monoisotopic (exact) mass is 229 g/mol. The van der Waals surface area contributed by atoms with Crippen LogP contribution in [0, 0.1) is 0 Å². The average molecular weight is 229 g/mol. The normalized spacial score (nSPS) is 20.4. The van der Waals surface area contributed by atoms with E-state index in [0.717, 1.165) is 31.0 Å². The van der Waals surface area contributed by atoms with E-state index < -0.39 is 0 Å². The fourth-order valence-corrected chi connectivity index (χ4v) is 2.20. The Kier molecular flexibility index (Phi) is 2.88. The molecular formula is C13H15N3O. The van der Waals surface area contributed by atoms with Gasteiger partial charge in [0.2, 0.25) is 0 Å². The van der Waals surface area contributed by atoms with Crippen LogP contribution in [0.2, 0.25) is 0 Å². The Morgan fingerprint density at radius 1 is 1.18 bits per heavy atom. The molecule has 1 aliphatic rings. The van der Waals surface area contributed by atoms with Gasteiger partial charge in [0.15, 0.2) is 5.82 Å². The summed E-state index contributed by atoms with van der Waals surface area (Å²) < 4.78 is 7.77. The van der Waals surface area contributed by atoms with Gasteiger partial charge in [-0.2, -0.15) is 0 Å². The molecule has 1 aliphatic heterocycles. The van der Waals surface area contributed by atoms with Crippen molar-refractivity contribution >= 4 is 0 Å². The number of benzene rings is 1. The van der Waals surface area contributed by atoms with Crippen molar-refractivity contribution in [3.05, 3.63) is 42.5 Å². The molecule has 2 aromatic rings. The summed E-state index contributed by atoms with van der Waals surface area (Å²) >= 11 is 0. The highest BCUT2D eigenvalue weighted by Crippen LogP contribution is 2.27. The number of para-hydroxylation sites is 1. The van der Waals surface area contributed by atoms with Gasteiger partial charge in [-0.3, -0.25) is 4.57 Å². The van der Waals surface area contributed by atoms with Crippen molar-refractivity contribution < 1.29 is 4.74 Å². The van der Waals surface area contributed by atoms with Crippen molar-refractivity contribution in [1.29, 1.82) is 0 Å². The molecule has 0 N–H and O–H groups in total. The Bertz CT molecular complexity index is 474. The number of nitrogens with zero attached hydrogens (tertiary/aromatic N) is 3. The van der Waals surface area contributed by atoms with Crippen molar-refractivity contribution in [2.75, 3.05) is 6.61 Å². The molecule has 0 bridgehead atoms. The lowest BCUT2D eigenvalue weighted by atomic mass is 10.1. The quantitative estimate of drug-likeness (QED) is 0.794. The largest absolute Gasteiger partial charge is 0.370 e. The molecule has 0 radical (unpaired) electrons. The third-order valence-electron chi connectivity index (χ3n) is 3.08. The molecule has 1 aromatic heterocycles. The van der Waals surface area contributed by atoms with E-state index in [2.05, 4.69) is 22.3 Å². The third kappa shape index (κ3) is 2.08. The van der Waals surface area contributed by atoms with Crippen LogP contribution in [0.25, 0.3) is 5.69 Å². The number of ether oxygens (including phenoxy) is 1. The van der Waals surface area contributed by atoms with Crippen molar-refractivity contribution in [2.24, 2.45) is 0 Å². The van der Waals surface area contributed by atoms with Gasteiger partial charge in [0.05, 0.1) is 0 Å². The molecule has 1 atom stereocenters. The number of hydrogen-bond acceptors (Lipinski definition) is 3. The van der Waals surface area contributed by atoms with E-state index in [-0.39, 0.29) is 6.10 Å². The van der Waals surface area contributed by atoms with Crippen LogP contribution in [0.3, 0.4) is 0 Å². The molecule has 4 heteroatoms. The summed E-state index contributed by atoms with van der Waals surface area (Å²) in [7, 11) is 0. The zero-order chi connectivity index (χ0) is 11.5. The highest BCUT2D eigenvalue weighted by atomic mass is 16.5. The molecule has 4 nitrogen and oxygen atoms in total. The maximum Gasteiger partial charge on any atom is 0.166 e. The molecule has 3 rings (SSSR count). The third-order valence-corrected chi connectivity index (χ3v) is 3.08. The zero-order valence-electron chi connectivity index (χ0n) is 9.62. The molecule has 0 aliphatic carbocycles. The van der Waals surface area contributed by atoms with Crippen LogP contribution < -0.4 is 0 Å². The Labute approximate surface area is 100 Å². The minimum Gasteiger partial charge on any atom is -0.370 e. The predicted molar refractivity (Wildman–Crippen MR) is 63.9 cm³/mol. The van der Waals surface area contributed by atoms with Crippen LogP contribution in [0.1, 0.15) is 31.2 Å². The van der Waals surface area contributed by atoms with E-state index in [1.165, 1.54) is 6.42 Å². The van der Waals surface area contributed by atoms with Crippen LogP contribution in [0.4, 0.5) is 0 Å². The second-order valence-corrected chi connectivity index (χ2v) is 4.25. The van der Waals surface area contributed by atoms with Crippen LogP contribution in [-0.2, 0) is 4.74 Å². The van der Waals surface area contributed by atoms with Gasteiger partial charge in [-0.25, -0.2) is 0 Å². The fraction of sp³-hybridized carbons (Fsp3) is 0.385. The van der Waals surface area contributed by atoms with Gasteiger partial charge in [0, 0.05) is 12.3 Å². The Hall–Kier alpha value is -1.68. The fourth-order valence-electron chi connectivity index (χ4n) is 2.20. The highest BCUT2D eigenvalue weighted by molar-refractivity contribution is 5.32. The first kappa shape index (κ1) is 10.5. The molecule has 1 aromatic carbocycles. The minimum atomic E-state index is 0.0893. The second-order valence-electron chi connectivity index (χ2n) is 4.25. The molecule has 1 fully saturated rings. The Morgan fingerprint density at radius 3 is 2.82 bits per heavy atom. The van der Waals surface area contributed by atoms with Crippen molar-refractivity contribution in [3.8, 4) is 5.69 Å². The van der Waals surface area contributed by atoms with E-state index in [0.29, 0.717) is 0 Å². The van der Waals surface area contributed by atoms with Crippen molar-refractivity contribution in [3.63, 3.8) is 0 Å². The predicted octanol–water partition coefficient (Wildman–Crippen LogP) is 2.51. The highest BCUT2D eigenvalue weighted by Gasteiger charge is 2.21. The number of aromatic nitrogens is 3. The summed E-state index contributed by atoms with van der Waals surface area (Å²) in [6.07, 6.45) is 5.22. The van der Waals surface area contributed by atoms with E-state index >= 15 is 0 Å². The van der Waals surface area contributed by atoms with Gasteiger partial charge in [-0.1, -0.05) is 18.2 Å². The van der Waals surface area contributed by atoms with E-state index in [4.69, 9.17) is 4.74 Å². The maximum absolute atomic E-state index is 5.76. The van der Waals surface area contributed by atoms with E-state index in [1.807, 2.05) is 22.8 Å². The van der Waals surface area contributed by atoms with Gasteiger partial charge in [-0.05, 0) is 31.4 Å². The summed E-state index contributed by atoms with van der Waals surface area (Å²) in [5, 5.41) is 8.21. The molecule has 88 valence electrons. The van der Waals surface area contributed by atoms with E-state index in [9.17, 15) is 0 Å². The minimum absolute atomic E-state index is 0.0893. The standard InChI is InChI=1S/C13H15N3O/c1-2-6-11(7-3-1)16-10-14-15-13(16)12-8-4-5-9-17-12/h1-3,6-7,10,12H,4-5,8-9H2. The van der Waals surface area contributed by atoms with E-state index in [1.54, 1.807) is 6.33 Å². The first-order chi connectivity index (χ1) is 8.45. The van der Waals surface area contributed by atoms with Gasteiger partial charge in [0.1, 0.15) is 12.4 Å². The molecule has 0 spiro atoms. The SMILES string of the molecule is c1ccc(-n2cnnc2C2CCCCO2)cc1. The van der Waals surface area contributed by atoms with Gasteiger partial charge < -0.3 is 4.74 Å². The lowest BCUT2D eigenvalue weighted by Crippen LogP contribution is -2.15. The molecular weight excluding hydrogens is 214 g/mol. The summed E-state index contributed by atoms with van der Waals surface area (Å²) in [6, 6.07) is 10.1. The molecule has 0 amide bonds. The molecule has 2 heterocycles. The first-order valence-electron chi connectivity index (χ1n) is 6.02. The first-order valence-corrected chi connectivity index (χ1v) is 6.02. The maximum atomic E-state index is 5.76. The van der Waals surface area contributed by atoms with Crippen LogP contribution in [0.5, 0.6) is 0 Å². The summed E-state index contributed by atoms with van der Waals surface area (Å²) in [6.45, 7) is 0.826. The smallest absolute Gasteiger partial charge is 0.166 e. The zero-order valence-corrected chi connectivity index (χ0v) is 9.62. The number of rotatable bonds is 2. The lowest BCUT2D eigenvalue weighted by Gasteiger charge is -2.22. The molecule has 1 unspecified atom stereocenters. The van der Waals surface area contributed by atoms with Crippen LogP contribution >= 0.6 is 0 Å². The summed E-state index contributed by atoms with van der Waals surface area (Å²) in [5.74, 6) is 0.913. The topological polar surface area (TPSA) is 39.9 Å². The Balaban J connectivity index is 1.93. The summed E-state index contributed by atoms with van der Waals surface area (Å²) in [4.78, 5) is 0. The van der Waals surface area contributed by atoms with Crippen LogP contribution in [0.15, 0.2) is 36.7 Å².